The van der Waals surface area contributed by atoms with Crippen molar-refractivity contribution in [3.63, 3.8) is 0 Å². The Balaban J connectivity index is 1.59. The molecule has 1 saturated heterocycles. The molecule has 1 aromatic heterocycles. The van der Waals surface area contributed by atoms with Crippen molar-refractivity contribution in [3.8, 4) is 11.4 Å². The first kappa shape index (κ1) is 16.5. The van der Waals surface area contributed by atoms with Gasteiger partial charge in [-0.25, -0.2) is 0 Å². The van der Waals surface area contributed by atoms with Crippen LogP contribution in [-0.2, 0) is 6.18 Å². The summed E-state index contributed by atoms with van der Waals surface area (Å²) in [5.41, 5.74) is 1.28. The molecule has 0 spiro atoms. The van der Waals surface area contributed by atoms with Crippen molar-refractivity contribution in [1.29, 1.82) is 0 Å². The standard InChI is InChI=1S/C17H15F3N6/c18-17(19,20)11-5-7-12(8-6-11)22-15-4-2-1-3-14(15)16-23-25-26(24-16)13-9-21-10-13/h1-8,13,21-22H,9-10H2. The SMILES string of the molecule is FC(F)(F)c1ccc(Nc2ccccc2-c2nnn(C3CNC3)n2)cc1. The Bertz CT molecular complexity index is 899. The largest absolute Gasteiger partial charge is 0.416 e. The summed E-state index contributed by atoms with van der Waals surface area (Å²) in [5.74, 6) is 0.465. The lowest BCUT2D eigenvalue weighted by molar-refractivity contribution is -0.137. The molecule has 0 aliphatic carbocycles. The highest BCUT2D eigenvalue weighted by atomic mass is 19.4. The number of rotatable bonds is 4. The molecule has 0 amide bonds. The third-order valence-corrected chi connectivity index (χ3v) is 4.17. The number of anilines is 2. The summed E-state index contributed by atoms with van der Waals surface area (Å²) in [5, 5.41) is 18.9. The first-order valence-corrected chi connectivity index (χ1v) is 8.04. The van der Waals surface area contributed by atoms with E-state index in [9.17, 15) is 13.2 Å². The summed E-state index contributed by atoms with van der Waals surface area (Å²) >= 11 is 0. The highest BCUT2D eigenvalue weighted by Crippen LogP contribution is 2.32. The number of aromatic nitrogens is 4. The number of tetrazole rings is 1. The molecule has 6 nitrogen and oxygen atoms in total. The first-order chi connectivity index (χ1) is 12.5. The van der Waals surface area contributed by atoms with Crippen molar-refractivity contribution in [2.24, 2.45) is 0 Å². The maximum Gasteiger partial charge on any atom is 0.416 e. The van der Waals surface area contributed by atoms with Gasteiger partial charge in [0.2, 0.25) is 5.82 Å². The summed E-state index contributed by atoms with van der Waals surface area (Å²) in [6, 6.07) is 12.4. The Labute approximate surface area is 147 Å². The second kappa shape index (κ2) is 6.41. The van der Waals surface area contributed by atoms with Crippen LogP contribution in [0.15, 0.2) is 48.5 Å². The van der Waals surface area contributed by atoms with E-state index in [-0.39, 0.29) is 6.04 Å². The van der Waals surface area contributed by atoms with Crippen LogP contribution in [0.1, 0.15) is 11.6 Å². The molecule has 1 aliphatic rings. The van der Waals surface area contributed by atoms with Crippen molar-refractivity contribution in [1.82, 2.24) is 25.5 Å². The minimum atomic E-state index is -4.35. The van der Waals surface area contributed by atoms with Crippen LogP contribution in [0.3, 0.4) is 0 Å². The molecule has 2 heterocycles. The summed E-state index contributed by atoms with van der Waals surface area (Å²) in [4.78, 5) is 1.58. The minimum Gasteiger partial charge on any atom is -0.355 e. The lowest BCUT2D eigenvalue weighted by Gasteiger charge is -2.24. The van der Waals surface area contributed by atoms with Gasteiger partial charge in [0, 0.05) is 30.0 Å². The molecule has 0 bridgehead atoms. The number of hydrogen-bond donors (Lipinski definition) is 2. The molecule has 1 aliphatic heterocycles. The van der Waals surface area contributed by atoms with Crippen LogP contribution < -0.4 is 10.6 Å². The number of benzene rings is 2. The smallest absolute Gasteiger partial charge is 0.355 e. The number of halogens is 3. The van der Waals surface area contributed by atoms with E-state index in [0.29, 0.717) is 17.2 Å². The Kier molecular flexibility index (Phi) is 4.08. The average Bonchev–Trinajstić information content (AvgIpc) is 3.02. The van der Waals surface area contributed by atoms with Gasteiger partial charge >= 0.3 is 6.18 Å². The maximum absolute atomic E-state index is 12.7. The van der Waals surface area contributed by atoms with E-state index >= 15 is 0 Å². The average molecular weight is 360 g/mol. The Morgan fingerprint density at radius 3 is 2.42 bits per heavy atom. The monoisotopic (exact) mass is 360 g/mol. The molecule has 26 heavy (non-hydrogen) atoms. The predicted octanol–water partition coefficient (Wildman–Crippen LogP) is 3.25. The van der Waals surface area contributed by atoms with Gasteiger partial charge in [0.05, 0.1) is 11.6 Å². The van der Waals surface area contributed by atoms with Gasteiger partial charge in [-0.1, -0.05) is 12.1 Å². The predicted molar refractivity (Wildman–Crippen MR) is 89.9 cm³/mol. The van der Waals surface area contributed by atoms with E-state index in [1.54, 1.807) is 4.80 Å². The molecule has 134 valence electrons. The van der Waals surface area contributed by atoms with Crippen LogP contribution >= 0.6 is 0 Å². The highest BCUT2D eigenvalue weighted by molar-refractivity contribution is 5.77. The van der Waals surface area contributed by atoms with E-state index in [1.807, 2.05) is 24.3 Å². The molecule has 1 fully saturated rings. The maximum atomic E-state index is 12.7. The van der Waals surface area contributed by atoms with Crippen LogP contribution in [0.25, 0.3) is 11.4 Å². The van der Waals surface area contributed by atoms with Gasteiger partial charge in [-0.2, -0.15) is 18.0 Å². The van der Waals surface area contributed by atoms with Crippen molar-refractivity contribution >= 4 is 11.4 Å². The van der Waals surface area contributed by atoms with Crippen LogP contribution in [0.2, 0.25) is 0 Å². The van der Waals surface area contributed by atoms with Gasteiger partial charge in [0.25, 0.3) is 0 Å². The summed E-state index contributed by atoms with van der Waals surface area (Å²) in [6.45, 7) is 1.61. The lowest BCUT2D eigenvalue weighted by Crippen LogP contribution is -2.44. The second-order valence-corrected chi connectivity index (χ2v) is 5.99. The quantitative estimate of drug-likeness (QED) is 0.748. The normalized spacial score (nSPS) is 14.9. The molecule has 2 aromatic carbocycles. The van der Waals surface area contributed by atoms with Crippen molar-refractivity contribution in [3.05, 3.63) is 54.1 Å². The van der Waals surface area contributed by atoms with Crippen molar-refractivity contribution in [2.75, 3.05) is 18.4 Å². The van der Waals surface area contributed by atoms with Crippen molar-refractivity contribution in [2.45, 2.75) is 12.2 Å². The third kappa shape index (κ3) is 3.25. The molecule has 0 unspecified atom stereocenters. The Morgan fingerprint density at radius 1 is 1.04 bits per heavy atom. The fourth-order valence-electron chi connectivity index (χ4n) is 2.61. The molecule has 4 rings (SSSR count). The van der Waals surface area contributed by atoms with Gasteiger partial charge < -0.3 is 10.6 Å². The molecule has 0 atom stereocenters. The summed E-state index contributed by atoms with van der Waals surface area (Å²) in [6.07, 6.45) is -4.35. The number of alkyl halides is 3. The molecule has 9 heteroatoms. The molecule has 3 aromatic rings. The van der Waals surface area contributed by atoms with E-state index in [1.165, 1.54) is 12.1 Å². The third-order valence-electron chi connectivity index (χ3n) is 4.17. The topological polar surface area (TPSA) is 67.7 Å². The molecule has 0 radical (unpaired) electrons. The molecular formula is C17H15F3N6. The van der Waals surface area contributed by atoms with Gasteiger partial charge in [-0.15, -0.1) is 10.2 Å². The molecular weight excluding hydrogens is 345 g/mol. The Morgan fingerprint density at radius 2 is 1.77 bits per heavy atom. The number of nitrogens with zero attached hydrogens (tertiary/aromatic N) is 4. The van der Waals surface area contributed by atoms with Crippen LogP contribution in [0.5, 0.6) is 0 Å². The van der Waals surface area contributed by atoms with Crippen molar-refractivity contribution < 1.29 is 13.2 Å². The number of nitrogens with one attached hydrogen (secondary N) is 2. The second-order valence-electron chi connectivity index (χ2n) is 5.99. The van der Waals surface area contributed by atoms with E-state index < -0.39 is 11.7 Å². The van der Waals surface area contributed by atoms with Gasteiger partial charge in [-0.3, -0.25) is 0 Å². The van der Waals surface area contributed by atoms with Gasteiger partial charge in [0.15, 0.2) is 0 Å². The number of para-hydroxylation sites is 1. The zero-order valence-corrected chi connectivity index (χ0v) is 13.5. The minimum absolute atomic E-state index is 0.200. The first-order valence-electron chi connectivity index (χ1n) is 8.04. The summed E-state index contributed by atoms with van der Waals surface area (Å²) in [7, 11) is 0. The number of hydrogen-bond acceptors (Lipinski definition) is 5. The Hall–Kier alpha value is -2.94. The molecule has 2 N–H and O–H groups in total. The van der Waals surface area contributed by atoms with Crippen LogP contribution in [-0.4, -0.2) is 33.3 Å². The fourth-order valence-corrected chi connectivity index (χ4v) is 2.61. The summed E-state index contributed by atoms with van der Waals surface area (Å²) < 4.78 is 38.0. The van der Waals surface area contributed by atoms with Crippen LogP contribution in [0.4, 0.5) is 24.5 Å². The zero-order chi connectivity index (χ0) is 18.1. The van der Waals surface area contributed by atoms with E-state index in [4.69, 9.17) is 0 Å². The van der Waals surface area contributed by atoms with E-state index in [0.717, 1.165) is 30.8 Å². The zero-order valence-electron chi connectivity index (χ0n) is 13.5. The molecule has 0 saturated carbocycles. The van der Waals surface area contributed by atoms with E-state index in [2.05, 4.69) is 26.0 Å². The fraction of sp³-hybridized carbons (Fsp3) is 0.235. The lowest BCUT2D eigenvalue weighted by atomic mass is 10.1. The van der Waals surface area contributed by atoms with Crippen LogP contribution in [0, 0.1) is 0 Å². The van der Waals surface area contributed by atoms with Gasteiger partial charge in [-0.05, 0) is 41.6 Å². The van der Waals surface area contributed by atoms with Gasteiger partial charge in [0.1, 0.15) is 0 Å². The highest BCUT2D eigenvalue weighted by Gasteiger charge is 2.30.